The second kappa shape index (κ2) is 8.06. The van der Waals surface area contributed by atoms with Crippen molar-refractivity contribution in [1.29, 1.82) is 0 Å². The maximum atomic E-state index is 12.5. The fourth-order valence-electron chi connectivity index (χ4n) is 3.05. The zero-order valence-electron chi connectivity index (χ0n) is 15.9. The summed E-state index contributed by atoms with van der Waals surface area (Å²) in [6, 6.07) is 21.8. The Morgan fingerprint density at radius 3 is 2.41 bits per heavy atom. The minimum absolute atomic E-state index is 0.229. The van der Waals surface area contributed by atoms with E-state index in [-0.39, 0.29) is 12.0 Å². The van der Waals surface area contributed by atoms with E-state index in [9.17, 15) is 9.59 Å². The normalized spacial score (nSPS) is 13.1. The lowest BCUT2D eigenvalue weighted by molar-refractivity contribution is 0.102. The van der Waals surface area contributed by atoms with Gasteiger partial charge in [0.25, 0.3) is 5.91 Å². The van der Waals surface area contributed by atoms with Crippen LogP contribution < -0.4 is 15.0 Å². The molecule has 1 fully saturated rings. The minimum Gasteiger partial charge on any atom is -0.457 e. The summed E-state index contributed by atoms with van der Waals surface area (Å²) < 4.78 is 10.7. The number of carbonyl (C=O) groups excluding carboxylic acids is 2. The quantitative estimate of drug-likeness (QED) is 0.668. The molecule has 0 saturated carbocycles. The largest absolute Gasteiger partial charge is 0.457 e. The van der Waals surface area contributed by atoms with E-state index in [0.29, 0.717) is 35.8 Å². The number of amides is 2. The molecule has 0 bridgehead atoms. The van der Waals surface area contributed by atoms with Gasteiger partial charge >= 0.3 is 6.09 Å². The molecule has 3 aromatic carbocycles. The van der Waals surface area contributed by atoms with E-state index in [4.69, 9.17) is 9.47 Å². The van der Waals surface area contributed by atoms with Crippen molar-refractivity contribution in [3.05, 3.63) is 83.9 Å². The van der Waals surface area contributed by atoms with Gasteiger partial charge in [-0.2, -0.15) is 0 Å². The van der Waals surface area contributed by atoms with Gasteiger partial charge in [-0.25, -0.2) is 4.79 Å². The van der Waals surface area contributed by atoms with E-state index in [0.717, 1.165) is 11.3 Å². The number of benzene rings is 3. The fourth-order valence-corrected chi connectivity index (χ4v) is 3.05. The molecule has 2 amide bonds. The van der Waals surface area contributed by atoms with Crippen molar-refractivity contribution in [3.63, 3.8) is 0 Å². The van der Waals surface area contributed by atoms with Crippen molar-refractivity contribution < 1.29 is 19.1 Å². The number of rotatable bonds is 5. The van der Waals surface area contributed by atoms with Gasteiger partial charge in [-0.3, -0.25) is 9.69 Å². The second-order valence-corrected chi connectivity index (χ2v) is 6.71. The summed E-state index contributed by atoms with van der Waals surface area (Å²) in [7, 11) is 0. The van der Waals surface area contributed by atoms with Crippen molar-refractivity contribution in [2.24, 2.45) is 0 Å². The molecule has 1 heterocycles. The molecule has 146 valence electrons. The average molecular weight is 388 g/mol. The van der Waals surface area contributed by atoms with Gasteiger partial charge in [-0.1, -0.05) is 12.1 Å². The highest BCUT2D eigenvalue weighted by Crippen LogP contribution is 2.24. The number of carbonyl (C=O) groups is 2. The molecule has 3 aromatic rings. The zero-order valence-corrected chi connectivity index (χ0v) is 15.9. The summed E-state index contributed by atoms with van der Waals surface area (Å²) in [5.74, 6) is 1.23. The first kappa shape index (κ1) is 18.6. The topological polar surface area (TPSA) is 67.9 Å². The van der Waals surface area contributed by atoms with Crippen LogP contribution in [0.25, 0.3) is 0 Å². The van der Waals surface area contributed by atoms with Gasteiger partial charge in [-0.05, 0) is 73.2 Å². The lowest BCUT2D eigenvalue weighted by atomic mass is 10.1. The predicted molar refractivity (Wildman–Crippen MR) is 111 cm³/mol. The molecule has 1 aliphatic rings. The van der Waals surface area contributed by atoms with E-state index in [1.807, 2.05) is 31.2 Å². The predicted octanol–water partition coefficient (Wildman–Crippen LogP) is 5.00. The molecule has 29 heavy (non-hydrogen) atoms. The van der Waals surface area contributed by atoms with Crippen molar-refractivity contribution in [2.45, 2.75) is 6.92 Å². The number of nitrogens with zero attached hydrogens (tertiary/aromatic N) is 1. The van der Waals surface area contributed by atoms with Crippen LogP contribution in [0.2, 0.25) is 0 Å². The van der Waals surface area contributed by atoms with E-state index in [1.165, 1.54) is 4.90 Å². The summed E-state index contributed by atoms with van der Waals surface area (Å²) in [6.45, 7) is 2.90. The van der Waals surface area contributed by atoms with Crippen LogP contribution in [0.1, 0.15) is 15.9 Å². The molecule has 6 heteroatoms. The van der Waals surface area contributed by atoms with Gasteiger partial charge in [-0.15, -0.1) is 0 Å². The molecular formula is C23H20N2O4. The molecule has 0 unspecified atom stereocenters. The number of nitrogens with one attached hydrogen (secondary N) is 1. The van der Waals surface area contributed by atoms with Crippen molar-refractivity contribution in [1.82, 2.24) is 0 Å². The number of anilines is 2. The molecule has 0 spiro atoms. The molecule has 1 N–H and O–H groups in total. The van der Waals surface area contributed by atoms with Gasteiger partial charge < -0.3 is 14.8 Å². The maximum Gasteiger partial charge on any atom is 0.414 e. The van der Waals surface area contributed by atoms with Crippen LogP contribution >= 0.6 is 0 Å². The fraction of sp³-hybridized carbons (Fsp3) is 0.130. The van der Waals surface area contributed by atoms with Crippen LogP contribution in [-0.2, 0) is 4.74 Å². The third-order valence-corrected chi connectivity index (χ3v) is 4.54. The number of cyclic esters (lactones) is 1. The van der Waals surface area contributed by atoms with Crippen LogP contribution in [0.5, 0.6) is 11.5 Å². The van der Waals surface area contributed by atoms with Crippen molar-refractivity contribution >= 4 is 23.4 Å². The van der Waals surface area contributed by atoms with Crippen LogP contribution in [0.15, 0.2) is 72.8 Å². The lowest BCUT2D eigenvalue weighted by Gasteiger charge is -2.13. The third kappa shape index (κ3) is 4.38. The Morgan fingerprint density at radius 2 is 1.76 bits per heavy atom. The Hall–Kier alpha value is -3.80. The van der Waals surface area contributed by atoms with E-state index in [1.54, 1.807) is 48.5 Å². The Balaban J connectivity index is 1.38. The molecule has 0 aromatic heterocycles. The monoisotopic (exact) mass is 388 g/mol. The van der Waals surface area contributed by atoms with Gasteiger partial charge in [0.1, 0.15) is 18.1 Å². The Labute approximate surface area is 168 Å². The average Bonchev–Trinajstić information content (AvgIpc) is 3.15. The summed E-state index contributed by atoms with van der Waals surface area (Å²) in [5, 5.41) is 2.86. The van der Waals surface area contributed by atoms with Crippen LogP contribution in [0.4, 0.5) is 16.2 Å². The minimum atomic E-state index is -0.366. The van der Waals surface area contributed by atoms with Crippen molar-refractivity contribution in [3.8, 4) is 11.5 Å². The van der Waals surface area contributed by atoms with Gasteiger partial charge in [0.2, 0.25) is 0 Å². The standard InChI is InChI=1S/C23H20N2O4/c1-16-3-2-4-21(15-16)29-20-11-7-18(8-12-20)24-22(26)17-5-9-19(10-6-17)25-13-14-28-23(25)27/h2-12,15H,13-14H2,1H3,(H,24,26). The highest BCUT2D eigenvalue weighted by molar-refractivity contribution is 6.04. The van der Waals surface area contributed by atoms with Gasteiger partial charge in [0, 0.05) is 16.9 Å². The Morgan fingerprint density at radius 1 is 1.00 bits per heavy atom. The SMILES string of the molecule is Cc1cccc(Oc2ccc(NC(=O)c3ccc(N4CCOC4=O)cc3)cc2)c1. The number of hydrogen-bond acceptors (Lipinski definition) is 4. The molecule has 0 atom stereocenters. The van der Waals surface area contributed by atoms with E-state index in [2.05, 4.69) is 5.32 Å². The van der Waals surface area contributed by atoms with E-state index < -0.39 is 0 Å². The molecule has 0 aliphatic carbocycles. The number of hydrogen-bond donors (Lipinski definition) is 1. The highest BCUT2D eigenvalue weighted by Gasteiger charge is 2.23. The number of ether oxygens (including phenoxy) is 2. The zero-order chi connectivity index (χ0) is 20.2. The molecule has 0 radical (unpaired) electrons. The molecule has 1 aliphatic heterocycles. The summed E-state index contributed by atoms with van der Waals surface area (Å²) in [5.41, 5.74) is 3.00. The maximum absolute atomic E-state index is 12.5. The first-order valence-electron chi connectivity index (χ1n) is 9.29. The Bertz CT molecular complexity index is 1030. The van der Waals surface area contributed by atoms with E-state index >= 15 is 0 Å². The second-order valence-electron chi connectivity index (χ2n) is 6.71. The van der Waals surface area contributed by atoms with Gasteiger partial charge in [0.05, 0.1) is 6.54 Å². The molecule has 6 nitrogen and oxygen atoms in total. The molecular weight excluding hydrogens is 368 g/mol. The Kier molecular flexibility index (Phi) is 5.16. The van der Waals surface area contributed by atoms with Crippen molar-refractivity contribution in [2.75, 3.05) is 23.4 Å². The van der Waals surface area contributed by atoms with Crippen LogP contribution in [-0.4, -0.2) is 25.2 Å². The third-order valence-electron chi connectivity index (χ3n) is 4.54. The smallest absolute Gasteiger partial charge is 0.414 e. The summed E-state index contributed by atoms with van der Waals surface area (Å²) in [4.78, 5) is 25.6. The van der Waals surface area contributed by atoms with Gasteiger partial charge in [0.15, 0.2) is 0 Å². The van der Waals surface area contributed by atoms with Crippen LogP contribution in [0, 0.1) is 6.92 Å². The molecule has 4 rings (SSSR count). The van der Waals surface area contributed by atoms with Crippen LogP contribution in [0.3, 0.4) is 0 Å². The summed E-state index contributed by atoms with van der Waals surface area (Å²) in [6.07, 6.45) is -0.366. The first-order valence-corrected chi connectivity index (χ1v) is 9.29. The highest BCUT2D eigenvalue weighted by atomic mass is 16.6. The summed E-state index contributed by atoms with van der Waals surface area (Å²) >= 11 is 0. The number of aryl methyl sites for hydroxylation is 1. The lowest BCUT2D eigenvalue weighted by Crippen LogP contribution is -2.23. The first-order chi connectivity index (χ1) is 14.1. The molecule has 1 saturated heterocycles.